The molecule has 120 valence electrons. The van der Waals surface area contributed by atoms with Crippen LogP contribution in [-0.2, 0) is 9.09 Å². The second-order valence-corrected chi connectivity index (χ2v) is 4.78. The standard InChI is InChI=1S/C10H12N2O4P.C2H6.CH3F.4Rb/c1-7-3-4-10-9(5-7)11-8(2)12(10)6-16-17(13,14)15;2*1-2;;;;/h3-6H,1-2H3,(H2,13,14,15);1-2H3;1H3;;;;/q-1;;;4*+1/p-2. The topological polar surface area (TPSA) is 90.2 Å². The first kappa shape index (κ1) is 41.1. The van der Waals surface area contributed by atoms with E-state index in [2.05, 4.69) is 9.51 Å². The zero-order chi connectivity index (χ0) is 16.6. The molecule has 0 radical (unpaired) electrons. The van der Waals surface area contributed by atoms with Crippen molar-refractivity contribution in [3.05, 3.63) is 36.3 Å². The van der Waals surface area contributed by atoms with E-state index in [9.17, 15) is 18.7 Å². The number of fused-ring (bicyclic) bond motifs is 1. The number of phosphoric acid groups is 1. The van der Waals surface area contributed by atoms with Crippen molar-refractivity contribution in [2.24, 2.45) is 0 Å². The van der Waals surface area contributed by atoms with E-state index >= 15 is 0 Å². The molecule has 0 spiro atoms. The van der Waals surface area contributed by atoms with Gasteiger partial charge in [0.2, 0.25) is 0 Å². The number of nitrogens with zero attached hydrogens (tertiary/aromatic N) is 2. The van der Waals surface area contributed by atoms with E-state index < -0.39 is 7.82 Å². The Labute approximate surface area is 345 Å². The average molecular weight is 659 g/mol. The molecular weight excluding hydrogens is 640 g/mol. The van der Waals surface area contributed by atoms with Gasteiger partial charge in [-0.3, -0.25) is 4.39 Å². The molecule has 6 nitrogen and oxygen atoms in total. The maximum absolute atomic E-state index is 10.4. The molecule has 0 fully saturated rings. The maximum Gasteiger partial charge on any atom is 1.00 e. The van der Waals surface area contributed by atoms with Crippen LogP contribution >= 0.6 is 7.82 Å². The van der Waals surface area contributed by atoms with Crippen LogP contribution in [0.2, 0.25) is 0 Å². The molecule has 0 aliphatic heterocycles. The van der Waals surface area contributed by atoms with Gasteiger partial charge in [0.05, 0.1) is 15.0 Å². The van der Waals surface area contributed by atoms with Gasteiger partial charge in [0.1, 0.15) is 0 Å². The first-order valence-electron chi connectivity index (χ1n) is 6.23. The Morgan fingerprint density at radius 2 is 1.60 bits per heavy atom. The Kier molecular flexibility index (Phi) is 37.8. The number of halogens is 1. The van der Waals surface area contributed by atoms with Crippen LogP contribution in [0.1, 0.15) is 25.2 Å². The van der Waals surface area contributed by atoms with Crippen LogP contribution in [0.5, 0.6) is 0 Å². The molecule has 1 heterocycles. The van der Waals surface area contributed by atoms with E-state index in [4.69, 9.17) is 0 Å². The van der Waals surface area contributed by atoms with Crippen molar-refractivity contribution in [2.75, 3.05) is 7.18 Å². The minimum absolute atomic E-state index is 0. The van der Waals surface area contributed by atoms with Crippen molar-refractivity contribution >= 4 is 18.9 Å². The first-order valence-corrected chi connectivity index (χ1v) is 7.70. The molecule has 0 aliphatic carbocycles. The van der Waals surface area contributed by atoms with Crippen LogP contribution in [0.4, 0.5) is 4.39 Å². The zero-order valence-corrected chi connectivity index (χ0v) is 37.2. The Hall–Kier alpha value is 5.82. The van der Waals surface area contributed by atoms with E-state index in [-0.39, 0.29) is 233 Å². The van der Waals surface area contributed by atoms with Crippen LogP contribution in [0.25, 0.3) is 11.0 Å². The Morgan fingerprint density at radius 3 is 2.04 bits per heavy atom. The summed E-state index contributed by atoms with van der Waals surface area (Å²) in [5, 5.41) is 0. The third-order valence-electron chi connectivity index (χ3n) is 2.30. The van der Waals surface area contributed by atoms with Crippen LogP contribution < -0.4 is 243 Å². The zero-order valence-electron chi connectivity index (χ0n) is 16.7. The number of hydrogen-bond acceptors (Lipinski definition) is 5. The number of phosphoric ester groups is 1. The van der Waals surface area contributed by atoms with Crippen molar-refractivity contribution in [1.29, 1.82) is 0 Å². The Bertz CT molecular complexity index is 625. The number of aromatic nitrogens is 2. The van der Waals surface area contributed by atoms with Crippen molar-refractivity contribution in [3.63, 3.8) is 0 Å². The quantitative estimate of drug-likeness (QED) is 0.242. The summed E-state index contributed by atoms with van der Waals surface area (Å²) >= 11 is 0. The minimum Gasteiger partial charge on any atom is -0.790 e. The summed E-state index contributed by atoms with van der Waals surface area (Å²) in [6, 6.07) is 5.51. The Balaban J connectivity index is -0.000000156. The summed E-state index contributed by atoms with van der Waals surface area (Å²) in [6.07, 6.45) is 0. The predicted octanol–water partition coefficient (Wildman–Crippen LogP) is -9.91. The Morgan fingerprint density at radius 1 is 1.12 bits per heavy atom. The summed E-state index contributed by atoms with van der Waals surface area (Å²) < 4.78 is 25.5. The maximum atomic E-state index is 10.4. The van der Waals surface area contributed by atoms with Crippen molar-refractivity contribution in [2.45, 2.75) is 27.7 Å². The first-order chi connectivity index (χ1) is 9.87. The molecule has 0 saturated carbocycles. The normalized spacial score (nSPS) is 8.64. The largest absolute Gasteiger partial charge is 1.00 e. The van der Waals surface area contributed by atoms with Crippen molar-refractivity contribution < 1.29 is 256 Å². The second-order valence-electron chi connectivity index (χ2n) is 3.68. The summed E-state index contributed by atoms with van der Waals surface area (Å²) in [4.78, 5) is 25.1. The van der Waals surface area contributed by atoms with Crippen LogP contribution in [-0.4, -0.2) is 16.7 Å². The fourth-order valence-corrected chi connectivity index (χ4v) is 1.78. The summed E-state index contributed by atoms with van der Waals surface area (Å²) in [5.41, 5.74) is 2.44. The van der Waals surface area contributed by atoms with Gasteiger partial charge in [-0.2, -0.15) is 0 Å². The summed E-state index contributed by atoms with van der Waals surface area (Å²) in [7, 11) is -4.52. The van der Waals surface area contributed by atoms with Gasteiger partial charge in [0.15, 0.2) is 0 Å². The van der Waals surface area contributed by atoms with Gasteiger partial charge in [-0.1, -0.05) is 38.5 Å². The number of benzene rings is 1. The van der Waals surface area contributed by atoms with Gasteiger partial charge in [-0.15, -0.1) is 0 Å². The molecule has 2 aromatic rings. The molecule has 1 aromatic heterocycles. The molecule has 0 unspecified atom stereocenters. The number of aryl methyl sites for hydroxylation is 2. The summed E-state index contributed by atoms with van der Waals surface area (Å²) in [6.45, 7) is 8.48. The summed E-state index contributed by atoms with van der Waals surface area (Å²) in [5.74, 6) is 0.541. The second kappa shape index (κ2) is 23.0. The molecule has 0 aliphatic rings. The molecule has 1 aromatic carbocycles. The average Bonchev–Trinajstić information content (AvgIpc) is 2.75. The van der Waals surface area contributed by atoms with Gasteiger partial charge in [0.25, 0.3) is 0 Å². The van der Waals surface area contributed by atoms with E-state index in [0.717, 1.165) is 12.3 Å². The van der Waals surface area contributed by atoms with Gasteiger partial charge in [0, 0.05) is 18.1 Å². The SMILES string of the molecule is CC.CF.Cc1ccc2c(c1)nc(C)n2[CH-]OP(=O)([O-])[O-].[Rb+].[Rb+].[Rb+].[Rb+]. The van der Waals surface area contributed by atoms with Crippen molar-refractivity contribution in [3.8, 4) is 0 Å². The number of imidazole rings is 1. The van der Waals surface area contributed by atoms with Gasteiger partial charge >= 0.3 is 233 Å². The number of alkyl halides is 1. The van der Waals surface area contributed by atoms with E-state index in [1.165, 1.54) is 4.57 Å². The van der Waals surface area contributed by atoms with Gasteiger partial charge < -0.3 is 28.4 Å². The fourth-order valence-electron chi connectivity index (χ4n) is 1.57. The number of hydrogen-bond donors (Lipinski definition) is 0. The third kappa shape index (κ3) is 17.0. The molecule has 0 saturated heterocycles. The molecule has 12 heteroatoms. The van der Waals surface area contributed by atoms with Crippen LogP contribution in [0.15, 0.2) is 18.2 Å². The predicted molar refractivity (Wildman–Crippen MR) is 76.0 cm³/mol. The van der Waals surface area contributed by atoms with Gasteiger partial charge in [-0.05, 0) is 18.5 Å². The molecule has 2 rings (SSSR count). The molecule has 0 atom stereocenters. The molecular formula is C13H19FN2O4PRb4+. The molecule has 0 bridgehead atoms. The molecule has 25 heavy (non-hydrogen) atoms. The van der Waals surface area contributed by atoms with Crippen molar-refractivity contribution in [1.82, 2.24) is 9.55 Å². The van der Waals surface area contributed by atoms with Crippen LogP contribution in [0, 0.1) is 20.6 Å². The van der Waals surface area contributed by atoms with E-state index in [1.807, 2.05) is 32.9 Å². The smallest absolute Gasteiger partial charge is 0.790 e. The molecule has 0 amide bonds. The minimum atomic E-state index is -5.02. The van der Waals surface area contributed by atoms with Gasteiger partial charge in [-0.25, -0.2) is 0 Å². The van der Waals surface area contributed by atoms with Crippen LogP contribution in [0.3, 0.4) is 0 Å². The monoisotopic (exact) mass is 657 g/mol. The number of rotatable bonds is 3. The fraction of sp³-hybridized carbons (Fsp3) is 0.385. The third-order valence-corrected chi connectivity index (χ3v) is 2.66. The van der Waals surface area contributed by atoms with E-state index in [0.29, 0.717) is 24.0 Å². The van der Waals surface area contributed by atoms with E-state index in [1.54, 1.807) is 13.0 Å². The molecule has 0 N–H and O–H groups in total.